The number of guanidine groups is 1. The normalized spacial score (nSPS) is 18.7. The predicted octanol–water partition coefficient (Wildman–Crippen LogP) is 1.25. The lowest BCUT2D eigenvalue weighted by molar-refractivity contribution is 0.429. The summed E-state index contributed by atoms with van der Waals surface area (Å²) in [6, 6.07) is 6.14. The maximum Gasteiger partial charge on any atom is 0.264 e. The molecule has 3 N–H and O–H groups in total. The Morgan fingerprint density at radius 3 is 2.86 bits per heavy atom. The number of nitrogens with zero attached hydrogens (tertiary/aromatic N) is 3. The highest BCUT2D eigenvalue weighted by molar-refractivity contribution is 7.90. The zero-order valence-corrected chi connectivity index (χ0v) is 13.5. The lowest BCUT2D eigenvalue weighted by atomic mass is 10.1. The van der Waals surface area contributed by atoms with E-state index in [0.717, 1.165) is 6.42 Å². The first kappa shape index (κ1) is 16.3. The van der Waals surface area contributed by atoms with Crippen LogP contribution in [0.1, 0.15) is 20.3 Å². The Morgan fingerprint density at radius 2 is 2.27 bits per heavy atom. The first-order valence-corrected chi connectivity index (χ1v) is 8.69. The minimum absolute atomic E-state index is 0.103. The molecule has 7 nitrogen and oxygen atoms in total. The number of nitrogens with two attached hydrogens (primary N) is 1. The summed E-state index contributed by atoms with van der Waals surface area (Å²) in [5.41, 5.74) is 6.04. The van der Waals surface area contributed by atoms with Gasteiger partial charge in [-0.15, -0.1) is 0 Å². The van der Waals surface area contributed by atoms with E-state index < -0.39 is 10.0 Å². The molecule has 0 bridgehead atoms. The van der Waals surface area contributed by atoms with Gasteiger partial charge in [-0.2, -0.15) is 5.10 Å². The summed E-state index contributed by atoms with van der Waals surface area (Å²) in [6.07, 6.45) is 2.77. The first-order valence-electron chi connectivity index (χ1n) is 7.20. The van der Waals surface area contributed by atoms with E-state index in [2.05, 4.69) is 21.7 Å². The van der Waals surface area contributed by atoms with Crippen molar-refractivity contribution in [3.63, 3.8) is 0 Å². The summed E-state index contributed by atoms with van der Waals surface area (Å²) in [5.74, 6) is 0.538. The summed E-state index contributed by atoms with van der Waals surface area (Å²) in [5, 5.41) is 5.81. The Morgan fingerprint density at radius 1 is 1.50 bits per heavy atom. The first-order chi connectivity index (χ1) is 10.5. The van der Waals surface area contributed by atoms with Crippen molar-refractivity contribution >= 4 is 27.9 Å². The molecule has 1 aromatic rings. The second-order valence-electron chi connectivity index (χ2n) is 4.99. The maximum absolute atomic E-state index is 12.5. The van der Waals surface area contributed by atoms with Gasteiger partial charge in [-0.1, -0.05) is 13.0 Å². The van der Waals surface area contributed by atoms with E-state index in [1.807, 2.05) is 13.1 Å². The standard InChI is InChI=1S/C14H21N5O2S/c1-3-11-9-17-19(10-11)14(16-4-2)18-22(20,21)13-7-5-6-12(15)8-13/h5-9,11H,3-4,10,15H2,1-2H3,(H,16,18). The monoisotopic (exact) mass is 323 g/mol. The van der Waals surface area contributed by atoms with Crippen LogP contribution in [0.5, 0.6) is 0 Å². The van der Waals surface area contributed by atoms with Gasteiger partial charge < -0.3 is 5.73 Å². The summed E-state index contributed by atoms with van der Waals surface area (Å²) in [7, 11) is -3.74. The molecule has 0 amide bonds. The molecular formula is C14H21N5O2S. The van der Waals surface area contributed by atoms with Crippen molar-refractivity contribution in [3.05, 3.63) is 24.3 Å². The second-order valence-corrected chi connectivity index (χ2v) is 6.67. The summed E-state index contributed by atoms with van der Waals surface area (Å²) in [4.78, 5) is 4.32. The third-order valence-electron chi connectivity index (χ3n) is 3.30. The minimum atomic E-state index is -3.74. The topological polar surface area (TPSA) is 100 Å². The smallest absolute Gasteiger partial charge is 0.264 e. The second kappa shape index (κ2) is 6.78. The molecule has 0 aromatic heterocycles. The zero-order valence-electron chi connectivity index (χ0n) is 12.7. The average Bonchev–Trinajstić information content (AvgIpc) is 2.95. The largest absolute Gasteiger partial charge is 0.399 e. The van der Waals surface area contributed by atoms with Gasteiger partial charge in [0.25, 0.3) is 10.0 Å². The Labute approximate surface area is 131 Å². The third-order valence-corrected chi connectivity index (χ3v) is 4.62. The molecule has 0 fully saturated rings. The van der Waals surface area contributed by atoms with E-state index in [-0.39, 0.29) is 10.9 Å². The van der Waals surface area contributed by atoms with Crippen molar-refractivity contribution < 1.29 is 8.42 Å². The van der Waals surface area contributed by atoms with Crippen LogP contribution in [0.15, 0.2) is 39.3 Å². The Kier molecular flexibility index (Phi) is 5.02. The molecule has 0 radical (unpaired) electrons. The van der Waals surface area contributed by atoms with Gasteiger partial charge in [0, 0.05) is 24.4 Å². The van der Waals surface area contributed by atoms with Gasteiger partial charge in [0.1, 0.15) is 0 Å². The molecule has 2 rings (SSSR count). The summed E-state index contributed by atoms with van der Waals surface area (Å²) >= 11 is 0. The lowest BCUT2D eigenvalue weighted by Crippen LogP contribution is -2.41. The highest BCUT2D eigenvalue weighted by Gasteiger charge is 2.24. The van der Waals surface area contributed by atoms with Gasteiger partial charge >= 0.3 is 0 Å². The number of nitrogens with one attached hydrogen (secondary N) is 1. The van der Waals surface area contributed by atoms with Crippen molar-refractivity contribution in [1.29, 1.82) is 0 Å². The molecular weight excluding hydrogens is 302 g/mol. The fourth-order valence-corrected chi connectivity index (χ4v) is 3.12. The van der Waals surface area contributed by atoms with Crippen molar-refractivity contribution in [2.24, 2.45) is 16.0 Å². The third kappa shape index (κ3) is 3.76. The summed E-state index contributed by atoms with van der Waals surface area (Å²) in [6.45, 7) is 4.98. The molecule has 1 atom stereocenters. The van der Waals surface area contributed by atoms with E-state index in [1.54, 1.807) is 17.1 Å². The Hall–Kier alpha value is -2.09. The van der Waals surface area contributed by atoms with Crippen molar-refractivity contribution in [2.45, 2.75) is 25.2 Å². The van der Waals surface area contributed by atoms with Crippen LogP contribution in [-0.2, 0) is 10.0 Å². The van der Waals surface area contributed by atoms with E-state index in [9.17, 15) is 8.42 Å². The zero-order chi connectivity index (χ0) is 16.2. The molecule has 120 valence electrons. The molecule has 0 aliphatic carbocycles. The molecule has 0 saturated carbocycles. The number of hydrazone groups is 1. The molecule has 8 heteroatoms. The molecule has 22 heavy (non-hydrogen) atoms. The van der Waals surface area contributed by atoms with Gasteiger partial charge in [0.2, 0.25) is 5.96 Å². The highest BCUT2D eigenvalue weighted by Crippen LogP contribution is 2.15. The highest BCUT2D eigenvalue weighted by atomic mass is 32.2. The van der Waals surface area contributed by atoms with Gasteiger partial charge in [-0.05, 0) is 31.5 Å². The van der Waals surface area contributed by atoms with Gasteiger partial charge in [-0.3, -0.25) is 4.99 Å². The van der Waals surface area contributed by atoms with Crippen LogP contribution in [-0.4, -0.2) is 38.7 Å². The van der Waals surface area contributed by atoms with Gasteiger partial charge in [0.15, 0.2) is 0 Å². The molecule has 1 aromatic carbocycles. The van der Waals surface area contributed by atoms with Crippen LogP contribution >= 0.6 is 0 Å². The SMILES string of the molecule is CCN=C(NS(=O)(=O)c1cccc(N)c1)N1CC(CC)C=N1. The molecule has 0 spiro atoms. The molecule has 1 aliphatic rings. The van der Waals surface area contributed by atoms with Crippen LogP contribution in [0, 0.1) is 5.92 Å². The lowest BCUT2D eigenvalue weighted by Gasteiger charge is -2.19. The van der Waals surface area contributed by atoms with Crippen molar-refractivity contribution in [1.82, 2.24) is 9.73 Å². The van der Waals surface area contributed by atoms with Gasteiger partial charge in [-0.25, -0.2) is 18.1 Å². The molecule has 1 unspecified atom stereocenters. The number of nitrogen functional groups attached to an aromatic ring is 1. The number of hydrogen-bond donors (Lipinski definition) is 2. The number of aliphatic imine (C=N–C) groups is 1. The van der Waals surface area contributed by atoms with Crippen molar-refractivity contribution in [2.75, 3.05) is 18.8 Å². The maximum atomic E-state index is 12.5. The number of hydrogen-bond acceptors (Lipinski definition) is 5. The fourth-order valence-electron chi connectivity index (χ4n) is 2.04. The van der Waals surface area contributed by atoms with Crippen LogP contribution in [0.2, 0.25) is 0 Å². The number of rotatable bonds is 4. The van der Waals surface area contributed by atoms with Crippen LogP contribution < -0.4 is 10.5 Å². The molecule has 0 saturated heterocycles. The van der Waals surface area contributed by atoms with Gasteiger partial charge in [0.05, 0.1) is 11.4 Å². The summed E-state index contributed by atoms with van der Waals surface area (Å²) < 4.78 is 27.4. The van der Waals surface area contributed by atoms with Crippen LogP contribution in [0.25, 0.3) is 0 Å². The average molecular weight is 323 g/mol. The Balaban J connectivity index is 2.21. The van der Waals surface area contributed by atoms with E-state index >= 15 is 0 Å². The molecule has 1 aliphatic heterocycles. The van der Waals surface area contributed by atoms with E-state index in [1.165, 1.54) is 12.1 Å². The predicted molar refractivity (Wildman–Crippen MR) is 88.1 cm³/mol. The fraction of sp³-hybridized carbons (Fsp3) is 0.429. The van der Waals surface area contributed by atoms with Crippen LogP contribution in [0.3, 0.4) is 0 Å². The minimum Gasteiger partial charge on any atom is -0.399 e. The number of sulfonamides is 1. The van der Waals surface area contributed by atoms with E-state index in [0.29, 0.717) is 24.7 Å². The van der Waals surface area contributed by atoms with Crippen LogP contribution in [0.4, 0.5) is 5.69 Å². The molecule has 1 heterocycles. The number of benzene rings is 1. The van der Waals surface area contributed by atoms with Crippen molar-refractivity contribution in [3.8, 4) is 0 Å². The number of anilines is 1. The Bertz CT molecular complexity index is 684. The van der Waals surface area contributed by atoms with E-state index in [4.69, 9.17) is 5.73 Å². The quantitative estimate of drug-likeness (QED) is 0.495.